The van der Waals surface area contributed by atoms with Crippen molar-refractivity contribution in [3.63, 3.8) is 0 Å². The van der Waals surface area contributed by atoms with Crippen LogP contribution >= 0.6 is 0 Å². The zero-order valence-corrected chi connectivity index (χ0v) is 10.4. The van der Waals surface area contributed by atoms with E-state index in [-0.39, 0.29) is 12.4 Å². The molecule has 4 heteroatoms. The van der Waals surface area contributed by atoms with Crippen LogP contribution in [0.4, 0.5) is 4.39 Å². The molecule has 2 rings (SSSR count). The third kappa shape index (κ3) is 3.31. The Labute approximate surface area is 110 Å². The first kappa shape index (κ1) is 13.1. The number of carbonyl (C=O) groups is 1. The van der Waals surface area contributed by atoms with Crippen LogP contribution in [0.5, 0.6) is 11.5 Å². The number of carbonyl (C=O) groups excluding carboxylic acids is 1. The average molecular weight is 260 g/mol. The largest absolute Gasteiger partial charge is 0.497 e. The van der Waals surface area contributed by atoms with E-state index < -0.39 is 0 Å². The molecule has 19 heavy (non-hydrogen) atoms. The monoisotopic (exact) mass is 260 g/mol. The molecule has 0 aliphatic rings. The van der Waals surface area contributed by atoms with Gasteiger partial charge in [-0.1, -0.05) is 18.2 Å². The summed E-state index contributed by atoms with van der Waals surface area (Å²) in [6.07, 6.45) is 0.707. The summed E-state index contributed by atoms with van der Waals surface area (Å²) >= 11 is 0. The standard InChI is InChI=1S/C15H13FO3/c1-18-13-6-11(9-17)7-14(8-13)19-10-12-4-2-3-5-15(12)16/h2-9H,10H2,1H3. The van der Waals surface area contributed by atoms with Crippen molar-refractivity contribution < 1.29 is 18.7 Å². The molecule has 0 unspecified atom stereocenters. The lowest BCUT2D eigenvalue weighted by molar-refractivity contribution is 0.112. The van der Waals surface area contributed by atoms with Crippen LogP contribution in [-0.4, -0.2) is 13.4 Å². The topological polar surface area (TPSA) is 35.5 Å². The SMILES string of the molecule is COc1cc(C=O)cc(OCc2ccccc2F)c1. The van der Waals surface area contributed by atoms with Crippen molar-refractivity contribution in [2.24, 2.45) is 0 Å². The predicted octanol–water partition coefficient (Wildman–Crippen LogP) is 3.23. The highest BCUT2D eigenvalue weighted by atomic mass is 19.1. The van der Waals surface area contributed by atoms with Crippen LogP contribution in [0.15, 0.2) is 42.5 Å². The first-order valence-electron chi connectivity index (χ1n) is 5.73. The minimum Gasteiger partial charge on any atom is -0.497 e. The van der Waals surface area contributed by atoms with E-state index in [1.165, 1.54) is 13.2 Å². The molecule has 0 radical (unpaired) electrons. The Morgan fingerprint density at radius 2 is 1.89 bits per heavy atom. The Kier molecular flexibility index (Phi) is 4.13. The number of rotatable bonds is 5. The van der Waals surface area contributed by atoms with Gasteiger partial charge in [-0.05, 0) is 18.2 Å². The van der Waals surface area contributed by atoms with Crippen molar-refractivity contribution in [1.82, 2.24) is 0 Å². The van der Waals surface area contributed by atoms with Crippen molar-refractivity contribution in [2.45, 2.75) is 6.61 Å². The second kappa shape index (κ2) is 6.00. The van der Waals surface area contributed by atoms with E-state index >= 15 is 0 Å². The van der Waals surface area contributed by atoms with Gasteiger partial charge in [-0.15, -0.1) is 0 Å². The molecule has 0 saturated heterocycles. The van der Waals surface area contributed by atoms with Crippen LogP contribution in [0.3, 0.4) is 0 Å². The third-order valence-corrected chi connectivity index (χ3v) is 2.63. The van der Waals surface area contributed by atoms with Gasteiger partial charge < -0.3 is 9.47 Å². The Hall–Kier alpha value is -2.36. The molecule has 0 aromatic heterocycles. The fourth-order valence-electron chi connectivity index (χ4n) is 1.64. The van der Waals surface area contributed by atoms with Gasteiger partial charge >= 0.3 is 0 Å². The second-order valence-electron chi connectivity index (χ2n) is 3.94. The summed E-state index contributed by atoms with van der Waals surface area (Å²) in [6, 6.07) is 11.2. The summed E-state index contributed by atoms with van der Waals surface area (Å²) in [7, 11) is 1.50. The van der Waals surface area contributed by atoms with Gasteiger partial charge in [0.15, 0.2) is 0 Å². The number of ether oxygens (including phenoxy) is 2. The van der Waals surface area contributed by atoms with E-state index in [4.69, 9.17) is 9.47 Å². The van der Waals surface area contributed by atoms with Crippen LogP contribution < -0.4 is 9.47 Å². The number of hydrogen-bond acceptors (Lipinski definition) is 3. The maximum Gasteiger partial charge on any atom is 0.150 e. The molecule has 0 aliphatic carbocycles. The Bertz CT molecular complexity index is 581. The second-order valence-corrected chi connectivity index (χ2v) is 3.94. The van der Waals surface area contributed by atoms with E-state index in [9.17, 15) is 9.18 Å². The summed E-state index contributed by atoms with van der Waals surface area (Å²) in [5, 5.41) is 0. The summed E-state index contributed by atoms with van der Waals surface area (Å²) in [5.41, 5.74) is 0.904. The first-order chi connectivity index (χ1) is 9.22. The quantitative estimate of drug-likeness (QED) is 0.774. The number of halogens is 1. The van der Waals surface area contributed by atoms with Crippen molar-refractivity contribution in [2.75, 3.05) is 7.11 Å². The lowest BCUT2D eigenvalue weighted by Gasteiger charge is -2.09. The molecule has 0 atom stereocenters. The summed E-state index contributed by atoms with van der Waals surface area (Å²) in [4.78, 5) is 10.8. The molecule has 98 valence electrons. The molecule has 0 amide bonds. The predicted molar refractivity (Wildman–Crippen MR) is 69.1 cm³/mol. The van der Waals surface area contributed by atoms with Gasteiger partial charge in [0.2, 0.25) is 0 Å². The first-order valence-corrected chi connectivity index (χ1v) is 5.73. The molecule has 2 aromatic rings. The molecule has 3 nitrogen and oxygen atoms in total. The molecule has 0 saturated carbocycles. The fraction of sp³-hybridized carbons (Fsp3) is 0.133. The van der Waals surface area contributed by atoms with Gasteiger partial charge in [-0.3, -0.25) is 4.79 Å². The molecule has 2 aromatic carbocycles. The molecule has 0 spiro atoms. The van der Waals surface area contributed by atoms with E-state index in [1.54, 1.807) is 36.4 Å². The zero-order valence-electron chi connectivity index (χ0n) is 10.4. The number of hydrogen-bond donors (Lipinski definition) is 0. The van der Waals surface area contributed by atoms with Gasteiger partial charge in [-0.2, -0.15) is 0 Å². The van der Waals surface area contributed by atoms with Crippen molar-refractivity contribution in [3.8, 4) is 11.5 Å². The van der Waals surface area contributed by atoms with E-state index in [0.29, 0.717) is 28.9 Å². The summed E-state index contributed by atoms with van der Waals surface area (Å²) in [5.74, 6) is 0.666. The van der Waals surface area contributed by atoms with Gasteiger partial charge in [0, 0.05) is 17.2 Å². The maximum absolute atomic E-state index is 13.4. The molecule has 0 fully saturated rings. The Balaban J connectivity index is 2.15. The van der Waals surface area contributed by atoms with Crippen molar-refractivity contribution in [1.29, 1.82) is 0 Å². The van der Waals surface area contributed by atoms with E-state index in [2.05, 4.69) is 0 Å². The van der Waals surface area contributed by atoms with Gasteiger partial charge in [0.1, 0.15) is 30.2 Å². The fourth-order valence-corrected chi connectivity index (χ4v) is 1.64. The summed E-state index contributed by atoms with van der Waals surface area (Å²) in [6.45, 7) is 0.0954. The van der Waals surface area contributed by atoms with Gasteiger partial charge in [0.25, 0.3) is 0 Å². The maximum atomic E-state index is 13.4. The highest BCUT2D eigenvalue weighted by Gasteiger charge is 2.05. The van der Waals surface area contributed by atoms with Crippen LogP contribution in [0.2, 0.25) is 0 Å². The van der Waals surface area contributed by atoms with Gasteiger partial charge in [-0.25, -0.2) is 4.39 Å². The molecule has 0 N–H and O–H groups in total. The minimum atomic E-state index is -0.319. The summed E-state index contributed by atoms with van der Waals surface area (Å²) < 4.78 is 24.0. The van der Waals surface area contributed by atoms with Crippen LogP contribution in [-0.2, 0) is 6.61 Å². The van der Waals surface area contributed by atoms with Crippen LogP contribution in [0.1, 0.15) is 15.9 Å². The number of benzene rings is 2. The molecular formula is C15H13FO3. The van der Waals surface area contributed by atoms with Crippen LogP contribution in [0, 0.1) is 5.82 Å². The smallest absolute Gasteiger partial charge is 0.150 e. The van der Waals surface area contributed by atoms with Crippen molar-refractivity contribution in [3.05, 3.63) is 59.4 Å². The molecule has 0 heterocycles. The van der Waals surface area contributed by atoms with Crippen molar-refractivity contribution >= 4 is 6.29 Å². The highest BCUT2D eigenvalue weighted by molar-refractivity contribution is 5.76. The average Bonchev–Trinajstić information content (AvgIpc) is 2.46. The highest BCUT2D eigenvalue weighted by Crippen LogP contribution is 2.23. The zero-order chi connectivity index (χ0) is 13.7. The van der Waals surface area contributed by atoms with Gasteiger partial charge in [0.05, 0.1) is 7.11 Å². The van der Waals surface area contributed by atoms with E-state index in [1.807, 2.05) is 0 Å². The third-order valence-electron chi connectivity index (χ3n) is 2.63. The minimum absolute atomic E-state index is 0.0954. The lowest BCUT2D eigenvalue weighted by Crippen LogP contribution is -1.99. The molecular weight excluding hydrogens is 247 g/mol. The molecule has 0 bridgehead atoms. The lowest BCUT2D eigenvalue weighted by atomic mass is 10.2. The van der Waals surface area contributed by atoms with E-state index in [0.717, 1.165) is 0 Å². The number of aldehydes is 1. The number of methoxy groups -OCH3 is 1. The molecule has 0 aliphatic heterocycles. The Morgan fingerprint density at radius 3 is 2.58 bits per heavy atom. The Morgan fingerprint density at radius 1 is 1.16 bits per heavy atom. The van der Waals surface area contributed by atoms with Crippen LogP contribution in [0.25, 0.3) is 0 Å². The normalized spacial score (nSPS) is 10.0.